The number of nitrogens with two attached hydrogens (primary N) is 1. The molecule has 0 spiro atoms. The first-order chi connectivity index (χ1) is 9.20. The second-order valence-electron chi connectivity index (χ2n) is 3.46. The van der Waals surface area contributed by atoms with Gasteiger partial charge in [-0.05, 0) is 24.3 Å². The Morgan fingerprint density at radius 1 is 1.37 bits per heavy atom. The number of aromatic nitrogens is 3. The third kappa shape index (κ3) is 3.53. The molecular formula is C11H10ClN5OS. The first kappa shape index (κ1) is 13.5. The normalized spacial score (nSPS) is 10.1. The number of nitriles is 1. The van der Waals surface area contributed by atoms with Crippen LogP contribution in [0.3, 0.4) is 0 Å². The van der Waals surface area contributed by atoms with Crippen LogP contribution >= 0.6 is 23.4 Å². The van der Waals surface area contributed by atoms with Crippen LogP contribution in [0.5, 0.6) is 5.75 Å². The second kappa shape index (κ2) is 6.31. The average molecular weight is 296 g/mol. The summed E-state index contributed by atoms with van der Waals surface area (Å²) in [5, 5.41) is 17.4. The minimum absolute atomic E-state index is 0.193. The molecule has 2 rings (SSSR count). The van der Waals surface area contributed by atoms with E-state index in [4.69, 9.17) is 27.4 Å². The van der Waals surface area contributed by atoms with E-state index >= 15 is 0 Å². The highest BCUT2D eigenvalue weighted by atomic mass is 35.5. The predicted molar refractivity (Wildman–Crippen MR) is 72.3 cm³/mol. The number of rotatable bonds is 5. The van der Waals surface area contributed by atoms with Gasteiger partial charge in [0.2, 0.25) is 5.16 Å². The summed E-state index contributed by atoms with van der Waals surface area (Å²) in [7, 11) is 0. The summed E-state index contributed by atoms with van der Waals surface area (Å²) in [5.41, 5.74) is 0. The van der Waals surface area contributed by atoms with E-state index in [-0.39, 0.29) is 12.4 Å². The molecule has 0 bridgehead atoms. The highest BCUT2D eigenvalue weighted by Gasteiger charge is 2.10. The summed E-state index contributed by atoms with van der Waals surface area (Å²) < 4.78 is 6.83. The standard InChI is InChI=1S/C11H10ClN5OS/c12-8-1-3-9(4-2-8)18-7-10-15-16-11(17(10)14)19-6-5-13/h1-4H,6-7,14H2. The van der Waals surface area contributed by atoms with Crippen molar-refractivity contribution in [1.82, 2.24) is 14.9 Å². The highest BCUT2D eigenvalue weighted by Crippen LogP contribution is 2.18. The van der Waals surface area contributed by atoms with Crippen molar-refractivity contribution in [3.63, 3.8) is 0 Å². The first-order valence-electron chi connectivity index (χ1n) is 5.28. The second-order valence-corrected chi connectivity index (χ2v) is 4.84. The quantitative estimate of drug-likeness (QED) is 0.668. The van der Waals surface area contributed by atoms with Gasteiger partial charge in [-0.25, -0.2) is 4.68 Å². The number of halogens is 1. The van der Waals surface area contributed by atoms with E-state index in [9.17, 15) is 0 Å². The zero-order valence-electron chi connectivity index (χ0n) is 9.78. The summed E-state index contributed by atoms with van der Waals surface area (Å²) in [5.74, 6) is 7.21. The summed E-state index contributed by atoms with van der Waals surface area (Å²) >= 11 is 7.00. The summed E-state index contributed by atoms with van der Waals surface area (Å²) in [6.07, 6.45) is 0. The number of nitrogen functional groups attached to an aromatic ring is 1. The number of hydrogen-bond donors (Lipinski definition) is 1. The zero-order valence-corrected chi connectivity index (χ0v) is 11.4. The first-order valence-corrected chi connectivity index (χ1v) is 6.64. The third-order valence-electron chi connectivity index (χ3n) is 2.18. The van der Waals surface area contributed by atoms with Crippen molar-refractivity contribution >= 4 is 23.4 Å². The van der Waals surface area contributed by atoms with Crippen molar-refractivity contribution in [2.75, 3.05) is 11.6 Å². The fourth-order valence-electron chi connectivity index (χ4n) is 1.28. The monoisotopic (exact) mass is 295 g/mol. The van der Waals surface area contributed by atoms with Crippen LogP contribution in [0.25, 0.3) is 0 Å². The van der Waals surface area contributed by atoms with Crippen molar-refractivity contribution in [3.05, 3.63) is 35.1 Å². The molecule has 0 amide bonds. The molecular weight excluding hydrogens is 286 g/mol. The molecule has 0 aliphatic rings. The summed E-state index contributed by atoms with van der Waals surface area (Å²) in [6, 6.07) is 8.98. The van der Waals surface area contributed by atoms with Crippen molar-refractivity contribution < 1.29 is 4.74 Å². The van der Waals surface area contributed by atoms with E-state index in [1.54, 1.807) is 24.3 Å². The summed E-state index contributed by atoms with van der Waals surface area (Å²) in [6.45, 7) is 0.193. The Hall–Kier alpha value is -1.91. The van der Waals surface area contributed by atoms with Gasteiger partial charge in [0.25, 0.3) is 0 Å². The van der Waals surface area contributed by atoms with Gasteiger partial charge in [-0.15, -0.1) is 10.2 Å². The lowest BCUT2D eigenvalue weighted by Gasteiger charge is -2.05. The van der Waals surface area contributed by atoms with Gasteiger partial charge in [0, 0.05) is 5.02 Å². The van der Waals surface area contributed by atoms with E-state index in [0.717, 1.165) is 0 Å². The molecule has 8 heteroatoms. The van der Waals surface area contributed by atoms with E-state index < -0.39 is 0 Å². The molecule has 98 valence electrons. The van der Waals surface area contributed by atoms with Crippen LogP contribution < -0.4 is 10.6 Å². The van der Waals surface area contributed by atoms with Crippen LogP contribution in [0.4, 0.5) is 0 Å². The Morgan fingerprint density at radius 3 is 2.79 bits per heavy atom. The number of benzene rings is 1. The Bertz CT molecular complexity index is 592. The maximum absolute atomic E-state index is 8.50. The number of hydrogen-bond acceptors (Lipinski definition) is 6. The van der Waals surface area contributed by atoms with Gasteiger partial charge in [0.1, 0.15) is 12.4 Å². The van der Waals surface area contributed by atoms with Gasteiger partial charge in [0.15, 0.2) is 5.82 Å². The minimum Gasteiger partial charge on any atom is -0.486 e. The lowest BCUT2D eigenvalue weighted by molar-refractivity contribution is 0.291. The lowest BCUT2D eigenvalue weighted by atomic mass is 10.3. The molecule has 2 aromatic rings. The molecule has 0 radical (unpaired) electrons. The molecule has 2 N–H and O–H groups in total. The Balaban J connectivity index is 1.98. The smallest absolute Gasteiger partial charge is 0.210 e. The van der Waals surface area contributed by atoms with Gasteiger partial charge in [-0.1, -0.05) is 23.4 Å². The molecule has 19 heavy (non-hydrogen) atoms. The van der Waals surface area contributed by atoms with Crippen LogP contribution in [-0.2, 0) is 6.61 Å². The van der Waals surface area contributed by atoms with Gasteiger partial charge in [-0.3, -0.25) is 0 Å². The Morgan fingerprint density at radius 2 is 2.11 bits per heavy atom. The highest BCUT2D eigenvalue weighted by molar-refractivity contribution is 7.99. The zero-order chi connectivity index (χ0) is 13.7. The topological polar surface area (TPSA) is 89.8 Å². The van der Waals surface area contributed by atoms with Crippen molar-refractivity contribution in [1.29, 1.82) is 5.26 Å². The SMILES string of the molecule is N#CCSc1nnc(COc2ccc(Cl)cc2)n1N. The van der Waals surface area contributed by atoms with Crippen LogP contribution in [0.1, 0.15) is 5.82 Å². The maximum Gasteiger partial charge on any atom is 0.210 e. The van der Waals surface area contributed by atoms with Gasteiger partial charge in [0.05, 0.1) is 11.8 Å². The van der Waals surface area contributed by atoms with Crippen LogP contribution in [0, 0.1) is 11.3 Å². The molecule has 0 saturated carbocycles. The van der Waals surface area contributed by atoms with Crippen molar-refractivity contribution in [2.45, 2.75) is 11.8 Å². The Kier molecular flexibility index (Phi) is 4.49. The molecule has 0 saturated heterocycles. The summed E-state index contributed by atoms with van der Waals surface area (Å²) in [4.78, 5) is 0. The molecule has 6 nitrogen and oxygen atoms in total. The van der Waals surface area contributed by atoms with Crippen LogP contribution in [0.15, 0.2) is 29.4 Å². The molecule has 0 unspecified atom stereocenters. The fourth-order valence-corrected chi connectivity index (χ4v) is 1.94. The fraction of sp³-hybridized carbons (Fsp3) is 0.182. The molecule has 0 atom stereocenters. The van der Waals surface area contributed by atoms with E-state index in [1.165, 1.54) is 16.4 Å². The maximum atomic E-state index is 8.50. The third-order valence-corrected chi connectivity index (χ3v) is 3.24. The van der Waals surface area contributed by atoms with Crippen LogP contribution in [0.2, 0.25) is 5.02 Å². The van der Waals surface area contributed by atoms with Gasteiger partial charge < -0.3 is 10.6 Å². The number of thioether (sulfide) groups is 1. The van der Waals surface area contributed by atoms with E-state index in [0.29, 0.717) is 21.8 Å². The molecule has 1 heterocycles. The average Bonchev–Trinajstić information content (AvgIpc) is 2.77. The Labute approximate surface area is 119 Å². The molecule has 1 aromatic carbocycles. The molecule has 0 aliphatic heterocycles. The van der Waals surface area contributed by atoms with E-state index in [2.05, 4.69) is 10.2 Å². The molecule has 1 aromatic heterocycles. The predicted octanol–water partition coefficient (Wildman–Crippen LogP) is 1.84. The van der Waals surface area contributed by atoms with Crippen LogP contribution in [-0.4, -0.2) is 20.6 Å². The number of nitrogens with zero attached hydrogens (tertiary/aromatic N) is 4. The van der Waals surface area contributed by atoms with Crippen molar-refractivity contribution in [2.24, 2.45) is 0 Å². The van der Waals surface area contributed by atoms with Crippen molar-refractivity contribution in [3.8, 4) is 11.8 Å². The minimum atomic E-state index is 0.193. The van der Waals surface area contributed by atoms with E-state index in [1.807, 2.05) is 6.07 Å². The lowest BCUT2D eigenvalue weighted by Crippen LogP contribution is -2.15. The largest absolute Gasteiger partial charge is 0.486 e. The number of ether oxygens (including phenoxy) is 1. The van der Waals surface area contributed by atoms with Gasteiger partial charge in [-0.2, -0.15) is 5.26 Å². The molecule has 0 fully saturated rings. The molecule has 0 aliphatic carbocycles. The van der Waals surface area contributed by atoms with Gasteiger partial charge >= 0.3 is 0 Å².